The van der Waals surface area contributed by atoms with E-state index in [1.807, 2.05) is 30.3 Å². The summed E-state index contributed by atoms with van der Waals surface area (Å²) in [5.74, 6) is -0.0512. The standard InChI is InChI=1S/C18H19N3O3S/c1-2-24-18(23)21-9-8-12-13(10-21)25-17-14(12)16(22)19-15(20-17)11-6-4-3-5-7-11/h3-7,15,20H,2,8-10H2,1H3,(H,19,22)/t15-/m1/s1. The van der Waals surface area contributed by atoms with Crippen LogP contribution in [0.4, 0.5) is 9.80 Å². The van der Waals surface area contributed by atoms with Crippen LogP contribution in [0, 0.1) is 0 Å². The van der Waals surface area contributed by atoms with E-state index in [1.165, 1.54) is 0 Å². The van der Waals surface area contributed by atoms with Crippen molar-refractivity contribution in [3.05, 3.63) is 51.9 Å². The SMILES string of the molecule is CCOC(=O)N1CCc2c(sc3c2C(=O)N[C@@H](c2ccccc2)N3)C1. The number of hydrogen-bond acceptors (Lipinski definition) is 5. The highest BCUT2D eigenvalue weighted by molar-refractivity contribution is 7.16. The first-order valence-electron chi connectivity index (χ1n) is 8.36. The van der Waals surface area contributed by atoms with Gasteiger partial charge in [0.2, 0.25) is 0 Å². The molecule has 1 aromatic carbocycles. The maximum Gasteiger partial charge on any atom is 0.410 e. The highest BCUT2D eigenvalue weighted by Crippen LogP contribution is 2.40. The number of nitrogens with zero attached hydrogens (tertiary/aromatic N) is 1. The molecule has 3 heterocycles. The summed E-state index contributed by atoms with van der Waals surface area (Å²) in [7, 11) is 0. The third-order valence-electron chi connectivity index (χ3n) is 4.49. The Hall–Kier alpha value is -2.54. The molecule has 2 aliphatic rings. The minimum atomic E-state index is -0.293. The van der Waals surface area contributed by atoms with Gasteiger partial charge in [0.1, 0.15) is 11.2 Å². The minimum Gasteiger partial charge on any atom is -0.450 e. The molecule has 2 aromatic rings. The van der Waals surface area contributed by atoms with E-state index in [1.54, 1.807) is 23.2 Å². The first-order valence-corrected chi connectivity index (χ1v) is 9.17. The summed E-state index contributed by atoms with van der Waals surface area (Å²) in [5, 5.41) is 7.34. The summed E-state index contributed by atoms with van der Waals surface area (Å²) in [6, 6.07) is 9.83. The van der Waals surface area contributed by atoms with E-state index >= 15 is 0 Å². The van der Waals surface area contributed by atoms with Crippen molar-refractivity contribution in [2.75, 3.05) is 18.5 Å². The third kappa shape index (κ3) is 2.84. The van der Waals surface area contributed by atoms with Crippen LogP contribution in [0.2, 0.25) is 0 Å². The zero-order valence-electron chi connectivity index (χ0n) is 13.9. The molecule has 0 spiro atoms. The molecule has 0 saturated heterocycles. The van der Waals surface area contributed by atoms with Gasteiger partial charge in [-0.2, -0.15) is 0 Å². The summed E-state index contributed by atoms with van der Waals surface area (Å²) in [6.07, 6.45) is 0.145. The lowest BCUT2D eigenvalue weighted by atomic mass is 10.0. The van der Waals surface area contributed by atoms with E-state index in [9.17, 15) is 9.59 Å². The molecule has 0 aliphatic carbocycles. The average molecular weight is 357 g/mol. The maximum atomic E-state index is 12.7. The van der Waals surface area contributed by atoms with Crippen LogP contribution in [0.1, 0.15) is 39.5 Å². The molecule has 2 N–H and O–H groups in total. The van der Waals surface area contributed by atoms with E-state index in [4.69, 9.17) is 4.74 Å². The second-order valence-corrected chi connectivity index (χ2v) is 7.15. The van der Waals surface area contributed by atoms with Crippen molar-refractivity contribution >= 4 is 28.3 Å². The number of ether oxygens (including phenoxy) is 1. The monoisotopic (exact) mass is 357 g/mol. The van der Waals surface area contributed by atoms with Crippen LogP contribution in [-0.2, 0) is 17.7 Å². The van der Waals surface area contributed by atoms with Crippen molar-refractivity contribution in [1.29, 1.82) is 0 Å². The Bertz CT molecular complexity index is 818. The molecule has 4 rings (SSSR count). The smallest absolute Gasteiger partial charge is 0.410 e. The molecule has 2 aliphatic heterocycles. The lowest BCUT2D eigenvalue weighted by Crippen LogP contribution is -2.39. The van der Waals surface area contributed by atoms with Crippen LogP contribution < -0.4 is 10.6 Å². The maximum absolute atomic E-state index is 12.7. The van der Waals surface area contributed by atoms with E-state index in [0.29, 0.717) is 26.1 Å². The number of anilines is 1. The predicted molar refractivity (Wildman–Crippen MR) is 95.7 cm³/mol. The minimum absolute atomic E-state index is 0.0512. The Morgan fingerprint density at radius 3 is 2.88 bits per heavy atom. The highest BCUT2D eigenvalue weighted by atomic mass is 32.1. The summed E-state index contributed by atoms with van der Waals surface area (Å²) >= 11 is 1.56. The lowest BCUT2D eigenvalue weighted by molar-refractivity contribution is 0.0934. The molecule has 25 heavy (non-hydrogen) atoms. The lowest BCUT2D eigenvalue weighted by Gasteiger charge is -2.28. The Kier molecular flexibility index (Phi) is 4.09. The van der Waals surface area contributed by atoms with Crippen LogP contribution in [0.3, 0.4) is 0 Å². The van der Waals surface area contributed by atoms with E-state index in [2.05, 4.69) is 10.6 Å². The van der Waals surface area contributed by atoms with E-state index in [0.717, 1.165) is 26.6 Å². The second kappa shape index (κ2) is 6.40. The van der Waals surface area contributed by atoms with Gasteiger partial charge in [0.05, 0.1) is 18.7 Å². The number of benzene rings is 1. The number of amides is 2. The van der Waals surface area contributed by atoms with Gasteiger partial charge in [-0.15, -0.1) is 11.3 Å². The number of carbonyl (C=O) groups excluding carboxylic acids is 2. The van der Waals surface area contributed by atoms with Crippen molar-refractivity contribution in [1.82, 2.24) is 10.2 Å². The summed E-state index contributed by atoms with van der Waals surface area (Å²) in [5.41, 5.74) is 2.80. The average Bonchev–Trinajstić information content (AvgIpc) is 3.00. The fourth-order valence-corrected chi connectivity index (χ4v) is 4.59. The van der Waals surface area contributed by atoms with Crippen LogP contribution in [0.5, 0.6) is 0 Å². The molecular weight excluding hydrogens is 338 g/mol. The molecule has 1 aromatic heterocycles. The molecule has 0 radical (unpaired) electrons. The van der Waals surface area contributed by atoms with Gasteiger partial charge in [0.25, 0.3) is 5.91 Å². The summed E-state index contributed by atoms with van der Waals surface area (Å²) in [4.78, 5) is 27.4. The number of rotatable bonds is 2. The molecule has 6 nitrogen and oxygen atoms in total. The van der Waals surface area contributed by atoms with Crippen molar-refractivity contribution in [3.63, 3.8) is 0 Å². The van der Waals surface area contributed by atoms with Gasteiger partial charge in [-0.1, -0.05) is 30.3 Å². The van der Waals surface area contributed by atoms with Gasteiger partial charge in [-0.05, 0) is 24.5 Å². The van der Waals surface area contributed by atoms with Crippen molar-refractivity contribution in [2.24, 2.45) is 0 Å². The van der Waals surface area contributed by atoms with Crippen LogP contribution >= 0.6 is 11.3 Å². The fourth-order valence-electron chi connectivity index (χ4n) is 3.30. The summed E-state index contributed by atoms with van der Waals surface area (Å²) in [6.45, 7) is 3.24. The molecule has 130 valence electrons. The molecule has 0 unspecified atom stereocenters. The van der Waals surface area contributed by atoms with Crippen molar-refractivity contribution < 1.29 is 14.3 Å². The van der Waals surface area contributed by atoms with Crippen LogP contribution in [-0.4, -0.2) is 30.1 Å². The van der Waals surface area contributed by atoms with Gasteiger partial charge in [-0.25, -0.2) is 4.79 Å². The summed E-state index contributed by atoms with van der Waals surface area (Å²) < 4.78 is 5.09. The van der Waals surface area contributed by atoms with Gasteiger partial charge in [0.15, 0.2) is 0 Å². The first-order chi connectivity index (χ1) is 12.2. The van der Waals surface area contributed by atoms with E-state index in [-0.39, 0.29) is 18.2 Å². The van der Waals surface area contributed by atoms with Gasteiger partial charge < -0.3 is 20.3 Å². The Labute approximate surface area is 149 Å². The Balaban J connectivity index is 1.60. The van der Waals surface area contributed by atoms with Crippen LogP contribution in [0.15, 0.2) is 30.3 Å². The van der Waals surface area contributed by atoms with E-state index < -0.39 is 0 Å². The largest absolute Gasteiger partial charge is 0.450 e. The number of fused-ring (bicyclic) bond motifs is 3. The molecule has 0 bridgehead atoms. The normalized spacial score (nSPS) is 18.7. The van der Waals surface area contributed by atoms with Crippen molar-refractivity contribution in [2.45, 2.75) is 26.1 Å². The van der Waals surface area contributed by atoms with Crippen LogP contribution in [0.25, 0.3) is 0 Å². The Morgan fingerprint density at radius 1 is 1.32 bits per heavy atom. The first kappa shape index (κ1) is 16.0. The topological polar surface area (TPSA) is 70.7 Å². The molecule has 1 atom stereocenters. The molecule has 2 amide bonds. The van der Waals surface area contributed by atoms with Gasteiger partial charge >= 0.3 is 6.09 Å². The molecular formula is C18H19N3O3S. The molecule has 0 saturated carbocycles. The van der Waals surface area contributed by atoms with Crippen molar-refractivity contribution in [3.8, 4) is 0 Å². The number of hydrogen-bond donors (Lipinski definition) is 2. The fraction of sp³-hybridized carbons (Fsp3) is 0.333. The Morgan fingerprint density at radius 2 is 2.12 bits per heavy atom. The predicted octanol–water partition coefficient (Wildman–Crippen LogP) is 3.12. The van der Waals surface area contributed by atoms with Gasteiger partial charge in [-0.3, -0.25) is 4.79 Å². The quantitative estimate of drug-likeness (QED) is 0.866. The number of nitrogens with one attached hydrogen (secondary N) is 2. The third-order valence-corrected chi connectivity index (χ3v) is 5.64. The highest BCUT2D eigenvalue weighted by Gasteiger charge is 2.34. The molecule has 7 heteroatoms. The number of carbonyl (C=O) groups is 2. The zero-order valence-corrected chi connectivity index (χ0v) is 14.7. The second-order valence-electron chi connectivity index (χ2n) is 6.04. The zero-order chi connectivity index (χ0) is 17.4. The number of thiophene rings is 1. The van der Waals surface area contributed by atoms with Gasteiger partial charge in [0, 0.05) is 11.4 Å². The molecule has 0 fully saturated rings.